The predicted octanol–water partition coefficient (Wildman–Crippen LogP) is 1.60. The molecule has 1 aliphatic rings. The number of aryl methyl sites for hydroxylation is 1. The van der Waals surface area contributed by atoms with Crippen molar-refractivity contribution in [2.45, 2.75) is 26.4 Å². The lowest BCUT2D eigenvalue weighted by Crippen LogP contribution is -2.44. The molecule has 0 amide bonds. The molecule has 1 saturated heterocycles. The van der Waals surface area contributed by atoms with Crippen LogP contribution in [-0.2, 0) is 11.2 Å². The molecule has 112 valence electrons. The predicted molar refractivity (Wildman–Crippen MR) is 81.3 cm³/mol. The van der Waals surface area contributed by atoms with Crippen LogP contribution in [0.2, 0.25) is 0 Å². The van der Waals surface area contributed by atoms with E-state index < -0.39 is 0 Å². The highest BCUT2D eigenvalue weighted by atomic mass is 16.5. The van der Waals surface area contributed by atoms with Gasteiger partial charge in [-0.1, -0.05) is 25.1 Å². The maximum absolute atomic E-state index is 6.05. The summed E-state index contributed by atoms with van der Waals surface area (Å²) in [5, 5.41) is 0. The van der Waals surface area contributed by atoms with Crippen LogP contribution in [0.25, 0.3) is 0 Å². The van der Waals surface area contributed by atoms with Crippen LogP contribution >= 0.6 is 0 Å². The fourth-order valence-electron chi connectivity index (χ4n) is 2.62. The highest BCUT2D eigenvalue weighted by Crippen LogP contribution is 2.24. The Morgan fingerprint density at radius 2 is 2.30 bits per heavy atom. The maximum Gasteiger partial charge on any atom is 0.125 e. The Morgan fingerprint density at radius 3 is 3.05 bits per heavy atom. The average molecular weight is 278 g/mol. The van der Waals surface area contributed by atoms with Gasteiger partial charge in [-0.25, -0.2) is 0 Å². The van der Waals surface area contributed by atoms with Crippen LogP contribution in [0.3, 0.4) is 0 Å². The van der Waals surface area contributed by atoms with E-state index in [-0.39, 0.29) is 6.10 Å². The molecule has 4 nitrogen and oxygen atoms in total. The van der Waals surface area contributed by atoms with Crippen LogP contribution in [0.15, 0.2) is 18.2 Å². The first-order valence-electron chi connectivity index (χ1n) is 7.50. The third-order valence-corrected chi connectivity index (χ3v) is 3.79. The summed E-state index contributed by atoms with van der Waals surface area (Å²) >= 11 is 0. The summed E-state index contributed by atoms with van der Waals surface area (Å²) in [4.78, 5) is 2.40. The van der Waals surface area contributed by atoms with Crippen LogP contribution in [0.5, 0.6) is 5.75 Å². The second-order valence-corrected chi connectivity index (χ2v) is 5.30. The number of ether oxygens (including phenoxy) is 2. The molecule has 1 fully saturated rings. The van der Waals surface area contributed by atoms with Crippen LogP contribution in [0.1, 0.15) is 18.1 Å². The number of rotatable bonds is 6. The molecule has 0 saturated carbocycles. The van der Waals surface area contributed by atoms with E-state index in [9.17, 15) is 0 Å². The molecule has 20 heavy (non-hydrogen) atoms. The minimum absolute atomic E-state index is 0.161. The van der Waals surface area contributed by atoms with Gasteiger partial charge in [0.25, 0.3) is 0 Å². The lowest BCUT2D eigenvalue weighted by atomic mass is 10.1. The van der Waals surface area contributed by atoms with E-state index in [1.54, 1.807) is 0 Å². The molecule has 0 spiro atoms. The highest BCUT2D eigenvalue weighted by Gasteiger charge is 2.20. The Bertz CT molecular complexity index is 423. The zero-order valence-corrected chi connectivity index (χ0v) is 12.6. The van der Waals surface area contributed by atoms with E-state index in [2.05, 4.69) is 36.9 Å². The summed E-state index contributed by atoms with van der Waals surface area (Å²) in [7, 11) is 0. The highest BCUT2D eigenvalue weighted by molar-refractivity contribution is 5.41. The smallest absolute Gasteiger partial charge is 0.125 e. The Labute approximate surface area is 121 Å². The zero-order valence-electron chi connectivity index (χ0n) is 12.6. The molecule has 0 bridgehead atoms. The van der Waals surface area contributed by atoms with Crippen LogP contribution in [-0.4, -0.2) is 50.4 Å². The molecule has 1 unspecified atom stereocenters. The maximum atomic E-state index is 6.05. The minimum Gasteiger partial charge on any atom is -0.490 e. The third-order valence-electron chi connectivity index (χ3n) is 3.79. The van der Waals surface area contributed by atoms with E-state index in [4.69, 9.17) is 15.2 Å². The summed E-state index contributed by atoms with van der Waals surface area (Å²) in [5.41, 5.74) is 8.02. The largest absolute Gasteiger partial charge is 0.490 e. The second kappa shape index (κ2) is 7.62. The molecule has 2 rings (SSSR count). The van der Waals surface area contributed by atoms with Crippen molar-refractivity contribution >= 4 is 0 Å². The summed E-state index contributed by atoms with van der Waals surface area (Å²) < 4.78 is 11.8. The number of hydrogen-bond acceptors (Lipinski definition) is 4. The summed E-state index contributed by atoms with van der Waals surface area (Å²) in [6, 6.07) is 6.23. The monoisotopic (exact) mass is 278 g/mol. The first-order valence-corrected chi connectivity index (χ1v) is 7.50. The van der Waals surface area contributed by atoms with Crippen molar-refractivity contribution in [3.8, 4) is 5.75 Å². The molecule has 1 heterocycles. The number of morpholine rings is 1. The van der Waals surface area contributed by atoms with Gasteiger partial charge in [-0.05, 0) is 37.6 Å². The number of para-hydroxylation sites is 1. The van der Waals surface area contributed by atoms with Gasteiger partial charge in [0.15, 0.2) is 0 Å². The van der Waals surface area contributed by atoms with Gasteiger partial charge in [0.05, 0.1) is 6.61 Å². The van der Waals surface area contributed by atoms with Crippen molar-refractivity contribution < 1.29 is 9.47 Å². The molecule has 1 aliphatic heterocycles. The Hall–Kier alpha value is -1.10. The quantitative estimate of drug-likeness (QED) is 0.858. The van der Waals surface area contributed by atoms with E-state index in [1.165, 1.54) is 11.1 Å². The van der Waals surface area contributed by atoms with E-state index >= 15 is 0 Å². The van der Waals surface area contributed by atoms with E-state index in [1.807, 2.05) is 0 Å². The number of likely N-dealkylation sites (N-methyl/N-ethyl adjacent to an activating group) is 1. The molecule has 0 aliphatic carbocycles. The molecule has 2 N–H and O–H groups in total. The summed E-state index contributed by atoms with van der Waals surface area (Å²) in [5.74, 6) is 0.982. The van der Waals surface area contributed by atoms with Gasteiger partial charge in [-0.2, -0.15) is 0 Å². The fourth-order valence-corrected chi connectivity index (χ4v) is 2.62. The van der Waals surface area contributed by atoms with Crippen LogP contribution < -0.4 is 10.5 Å². The lowest BCUT2D eigenvalue weighted by Gasteiger charge is -2.32. The van der Waals surface area contributed by atoms with Gasteiger partial charge >= 0.3 is 0 Å². The first kappa shape index (κ1) is 15.3. The Balaban J connectivity index is 1.96. The van der Waals surface area contributed by atoms with Gasteiger partial charge in [0.1, 0.15) is 18.5 Å². The van der Waals surface area contributed by atoms with Crippen molar-refractivity contribution in [2.75, 3.05) is 39.4 Å². The normalized spacial score (nSPS) is 20.1. The Morgan fingerprint density at radius 1 is 1.45 bits per heavy atom. The SMILES string of the molecule is CCN1CCOC(COc2c(C)cccc2CCN)C1. The molecule has 1 aromatic rings. The topological polar surface area (TPSA) is 47.7 Å². The lowest BCUT2D eigenvalue weighted by molar-refractivity contribution is -0.0465. The van der Waals surface area contributed by atoms with Crippen LogP contribution in [0, 0.1) is 6.92 Å². The third kappa shape index (κ3) is 3.95. The van der Waals surface area contributed by atoms with Gasteiger partial charge in [0.2, 0.25) is 0 Å². The van der Waals surface area contributed by atoms with Gasteiger partial charge in [0, 0.05) is 13.1 Å². The van der Waals surface area contributed by atoms with Crippen molar-refractivity contribution in [1.29, 1.82) is 0 Å². The van der Waals surface area contributed by atoms with Gasteiger partial charge < -0.3 is 15.2 Å². The standard InChI is InChI=1S/C16H26N2O2/c1-3-18-9-10-19-15(11-18)12-20-16-13(2)5-4-6-14(16)7-8-17/h4-6,15H,3,7-12,17H2,1-2H3. The fraction of sp³-hybridized carbons (Fsp3) is 0.625. The molecule has 0 radical (unpaired) electrons. The van der Waals surface area contributed by atoms with Crippen LogP contribution in [0.4, 0.5) is 0 Å². The van der Waals surface area contributed by atoms with E-state index in [0.29, 0.717) is 13.2 Å². The minimum atomic E-state index is 0.161. The second-order valence-electron chi connectivity index (χ2n) is 5.30. The number of nitrogens with zero attached hydrogens (tertiary/aromatic N) is 1. The first-order chi connectivity index (χ1) is 9.74. The molecule has 4 heteroatoms. The van der Waals surface area contributed by atoms with Crippen molar-refractivity contribution in [1.82, 2.24) is 4.90 Å². The van der Waals surface area contributed by atoms with Crippen molar-refractivity contribution in [3.05, 3.63) is 29.3 Å². The summed E-state index contributed by atoms with van der Waals surface area (Å²) in [6.07, 6.45) is 1.01. The average Bonchev–Trinajstić information content (AvgIpc) is 2.47. The molecule has 1 atom stereocenters. The van der Waals surface area contributed by atoms with Crippen molar-refractivity contribution in [2.24, 2.45) is 5.73 Å². The summed E-state index contributed by atoms with van der Waals surface area (Å²) in [6.45, 7) is 9.36. The molecular formula is C16H26N2O2. The number of hydrogen-bond donors (Lipinski definition) is 1. The zero-order chi connectivity index (χ0) is 14.4. The van der Waals surface area contributed by atoms with E-state index in [0.717, 1.165) is 38.4 Å². The van der Waals surface area contributed by atoms with Gasteiger partial charge in [-0.3, -0.25) is 4.90 Å². The molecular weight excluding hydrogens is 252 g/mol. The van der Waals surface area contributed by atoms with Gasteiger partial charge in [-0.15, -0.1) is 0 Å². The van der Waals surface area contributed by atoms with Crippen molar-refractivity contribution in [3.63, 3.8) is 0 Å². The molecule has 0 aromatic heterocycles. The molecule has 1 aromatic carbocycles. The number of benzene rings is 1. The number of nitrogens with two attached hydrogens (primary N) is 1. The Kier molecular flexibility index (Phi) is 5.83.